The number of aromatic nitrogens is 1. The first kappa shape index (κ1) is 9.79. The first-order valence-corrected chi connectivity index (χ1v) is 6.91. The molecular formula is C12H18N2S. The summed E-state index contributed by atoms with van der Waals surface area (Å²) in [6, 6.07) is 0. The number of rotatable bonds is 2. The van der Waals surface area contributed by atoms with Crippen LogP contribution in [0.4, 0.5) is 0 Å². The Kier molecular flexibility index (Phi) is 2.33. The van der Waals surface area contributed by atoms with Crippen LogP contribution in [0.2, 0.25) is 0 Å². The van der Waals surface area contributed by atoms with Gasteiger partial charge < -0.3 is 5.73 Å². The van der Waals surface area contributed by atoms with Gasteiger partial charge in [0.15, 0.2) is 0 Å². The zero-order chi connectivity index (χ0) is 10.3. The van der Waals surface area contributed by atoms with E-state index in [0.717, 1.165) is 18.8 Å². The zero-order valence-corrected chi connectivity index (χ0v) is 9.85. The molecule has 0 aromatic carbocycles. The van der Waals surface area contributed by atoms with Crippen molar-refractivity contribution < 1.29 is 0 Å². The first-order valence-electron chi connectivity index (χ1n) is 6.03. The first-order chi connectivity index (χ1) is 7.28. The smallest absolute Gasteiger partial charge is 0.0960 e. The Morgan fingerprint density at radius 3 is 2.67 bits per heavy atom. The third-order valence-corrected chi connectivity index (χ3v) is 4.71. The van der Waals surface area contributed by atoms with E-state index in [2.05, 4.69) is 5.38 Å². The van der Waals surface area contributed by atoms with Crippen LogP contribution < -0.4 is 5.73 Å². The van der Waals surface area contributed by atoms with E-state index < -0.39 is 0 Å². The molecule has 2 aliphatic carbocycles. The van der Waals surface area contributed by atoms with Crippen LogP contribution in [0, 0.1) is 0 Å². The Morgan fingerprint density at radius 1 is 1.27 bits per heavy atom. The molecule has 3 rings (SSSR count). The molecule has 0 amide bonds. The van der Waals surface area contributed by atoms with Crippen LogP contribution in [0.3, 0.4) is 0 Å². The highest BCUT2D eigenvalue weighted by atomic mass is 32.1. The largest absolute Gasteiger partial charge is 0.320 e. The van der Waals surface area contributed by atoms with Crippen LogP contribution in [-0.2, 0) is 5.54 Å². The van der Waals surface area contributed by atoms with Gasteiger partial charge in [-0.3, -0.25) is 0 Å². The number of hydrogen-bond acceptors (Lipinski definition) is 3. The Labute approximate surface area is 94.9 Å². The molecule has 0 aliphatic heterocycles. The van der Waals surface area contributed by atoms with Crippen molar-refractivity contribution in [1.29, 1.82) is 0 Å². The third kappa shape index (κ3) is 1.83. The van der Waals surface area contributed by atoms with Gasteiger partial charge in [0.25, 0.3) is 0 Å². The average molecular weight is 222 g/mol. The van der Waals surface area contributed by atoms with E-state index in [1.807, 2.05) is 11.3 Å². The second kappa shape index (κ2) is 3.56. The van der Waals surface area contributed by atoms with E-state index in [0.29, 0.717) is 0 Å². The lowest BCUT2D eigenvalue weighted by Crippen LogP contribution is -2.38. The molecule has 2 N–H and O–H groups in total. The highest BCUT2D eigenvalue weighted by Gasteiger charge is 2.34. The minimum atomic E-state index is -0.0953. The fraction of sp³-hybridized carbons (Fsp3) is 0.750. The standard InChI is InChI=1S/C12H18N2S/c13-12(6-2-1-3-7-12)10-8-15-11(14-10)9-4-5-9/h8-9H,1-7,13H2. The molecule has 15 heavy (non-hydrogen) atoms. The summed E-state index contributed by atoms with van der Waals surface area (Å²) in [6.07, 6.45) is 8.81. The maximum atomic E-state index is 6.46. The topological polar surface area (TPSA) is 38.9 Å². The van der Waals surface area contributed by atoms with Gasteiger partial charge in [-0.15, -0.1) is 11.3 Å². The summed E-state index contributed by atoms with van der Waals surface area (Å²) < 4.78 is 0. The van der Waals surface area contributed by atoms with Gasteiger partial charge in [0.1, 0.15) is 0 Å². The van der Waals surface area contributed by atoms with Crippen molar-refractivity contribution >= 4 is 11.3 Å². The van der Waals surface area contributed by atoms with E-state index in [9.17, 15) is 0 Å². The predicted molar refractivity (Wildman–Crippen MR) is 63.0 cm³/mol. The zero-order valence-electron chi connectivity index (χ0n) is 9.04. The van der Waals surface area contributed by atoms with Crippen molar-refractivity contribution in [2.75, 3.05) is 0 Å². The Morgan fingerprint density at radius 2 is 2.00 bits per heavy atom. The van der Waals surface area contributed by atoms with E-state index >= 15 is 0 Å². The maximum Gasteiger partial charge on any atom is 0.0960 e. The van der Waals surface area contributed by atoms with Crippen molar-refractivity contribution in [3.63, 3.8) is 0 Å². The second-order valence-corrected chi connectivity index (χ2v) is 5.95. The molecule has 82 valence electrons. The molecule has 3 heteroatoms. The normalized spacial score (nSPS) is 25.4. The summed E-state index contributed by atoms with van der Waals surface area (Å²) >= 11 is 1.82. The van der Waals surface area contributed by atoms with Gasteiger partial charge in [0.2, 0.25) is 0 Å². The number of nitrogens with two attached hydrogens (primary N) is 1. The van der Waals surface area contributed by atoms with Crippen molar-refractivity contribution in [2.24, 2.45) is 5.73 Å². The van der Waals surface area contributed by atoms with Crippen LogP contribution in [0.5, 0.6) is 0 Å². The Hall–Kier alpha value is -0.410. The Balaban J connectivity index is 1.83. The molecule has 0 radical (unpaired) electrons. The number of hydrogen-bond donors (Lipinski definition) is 1. The molecule has 0 unspecified atom stereocenters. The molecule has 2 nitrogen and oxygen atoms in total. The van der Waals surface area contributed by atoms with Crippen LogP contribution in [0.15, 0.2) is 5.38 Å². The molecule has 0 spiro atoms. The summed E-state index contributed by atoms with van der Waals surface area (Å²) in [5, 5.41) is 3.54. The lowest BCUT2D eigenvalue weighted by Gasteiger charge is -2.31. The summed E-state index contributed by atoms with van der Waals surface area (Å²) in [5.74, 6) is 0.774. The molecule has 2 fully saturated rings. The van der Waals surface area contributed by atoms with Crippen LogP contribution in [-0.4, -0.2) is 4.98 Å². The molecule has 1 heterocycles. The molecule has 1 aromatic rings. The van der Waals surface area contributed by atoms with Gasteiger partial charge in [-0.2, -0.15) is 0 Å². The van der Waals surface area contributed by atoms with Gasteiger partial charge in [-0.1, -0.05) is 19.3 Å². The highest BCUT2D eigenvalue weighted by Crippen LogP contribution is 2.43. The molecule has 0 saturated heterocycles. The lowest BCUT2D eigenvalue weighted by atomic mass is 9.81. The van der Waals surface area contributed by atoms with Gasteiger partial charge in [0, 0.05) is 11.3 Å². The van der Waals surface area contributed by atoms with Crippen molar-refractivity contribution in [1.82, 2.24) is 4.98 Å². The average Bonchev–Trinajstić information content (AvgIpc) is 2.97. The predicted octanol–water partition coefficient (Wildman–Crippen LogP) is 3.14. The SMILES string of the molecule is NC1(c2csc(C3CC3)n2)CCCCC1. The lowest BCUT2D eigenvalue weighted by molar-refractivity contribution is 0.296. The van der Waals surface area contributed by atoms with Crippen LogP contribution in [0.25, 0.3) is 0 Å². The molecule has 2 aliphatic rings. The molecule has 2 saturated carbocycles. The van der Waals surface area contributed by atoms with Crippen LogP contribution >= 0.6 is 11.3 Å². The number of thiazole rings is 1. The van der Waals surface area contributed by atoms with E-state index in [1.165, 1.54) is 42.8 Å². The minimum Gasteiger partial charge on any atom is -0.320 e. The van der Waals surface area contributed by atoms with Crippen molar-refractivity contribution in [3.8, 4) is 0 Å². The van der Waals surface area contributed by atoms with E-state index in [4.69, 9.17) is 10.7 Å². The van der Waals surface area contributed by atoms with Gasteiger partial charge in [0.05, 0.1) is 16.2 Å². The van der Waals surface area contributed by atoms with Crippen LogP contribution in [0.1, 0.15) is 61.6 Å². The minimum absolute atomic E-state index is 0.0953. The molecular weight excluding hydrogens is 204 g/mol. The summed E-state index contributed by atoms with van der Waals surface area (Å²) in [4.78, 5) is 4.76. The summed E-state index contributed by atoms with van der Waals surface area (Å²) in [5.41, 5.74) is 7.54. The third-order valence-electron chi connectivity index (χ3n) is 3.70. The van der Waals surface area contributed by atoms with Crippen molar-refractivity contribution in [3.05, 3.63) is 16.1 Å². The summed E-state index contributed by atoms with van der Waals surface area (Å²) in [7, 11) is 0. The second-order valence-electron chi connectivity index (χ2n) is 5.06. The van der Waals surface area contributed by atoms with E-state index in [1.54, 1.807) is 0 Å². The molecule has 0 atom stereocenters. The highest BCUT2D eigenvalue weighted by molar-refractivity contribution is 7.09. The number of nitrogens with zero attached hydrogens (tertiary/aromatic N) is 1. The quantitative estimate of drug-likeness (QED) is 0.835. The molecule has 0 bridgehead atoms. The molecule has 1 aromatic heterocycles. The maximum absolute atomic E-state index is 6.46. The van der Waals surface area contributed by atoms with Crippen molar-refractivity contribution in [2.45, 2.75) is 56.4 Å². The fourth-order valence-electron chi connectivity index (χ4n) is 2.47. The van der Waals surface area contributed by atoms with Gasteiger partial charge >= 0.3 is 0 Å². The van der Waals surface area contributed by atoms with E-state index in [-0.39, 0.29) is 5.54 Å². The fourth-order valence-corrected chi connectivity index (χ4v) is 3.57. The summed E-state index contributed by atoms with van der Waals surface area (Å²) in [6.45, 7) is 0. The Bertz CT molecular complexity index is 348. The monoisotopic (exact) mass is 222 g/mol. The van der Waals surface area contributed by atoms with Gasteiger partial charge in [-0.25, -0.2) is 4.98 Å². The van der Waals surface area contributed by atoms with Gasteiger partial charge in [-0.05, 0) is 25.7 Å².